The normalized spacial score (nSPS) is 30.3. The predicted molar refractivity (Wildman–Crippen MR) is 91.1 cm³/mol. The van der Waals surface area contributed by atoms with Gasteiger partial charge in [0.1, 0.15) is 0 Å². The zero-order valence-corrected chi connectivity index (χ0v) is 13.8. The Bertz CT molecular complexity index is 550. The van der Waals surface area contributed by atoms with Gasteiger partial charge >= 0.3 is 0 Å². The van der Waals surface area contributed by atoms with Crippen LogP contribution in [0.3, 0.4) is 0 Å². The van der Waals surface area contributed by atoms with E-state index in [4.69, 9.17) is 15.5 Å². The molecule has 4 nitrogen and oxygen atoms in total. The minimum absolute atomic E-state index is 0.0729. The van der Waals surface area contributed by atoms with Crippen LogP contribution in [-0.4, -0.2) is 24.7 Å². The molecule has 1 aromatic carbocycles. The molecule has 1 heterocycles. The van der Waals surface area contributed by atoms with E-state index in [0.29, 0.717) is 18.0 Å². The van der Waals surface area contributed by atoms with E-state index in [9.17, 15) is 0 Å². The topological polar surface area (TPSA) is 59.6 Å². The first kappa shape index (κ1) is 15.3. The van der Waals surface area contributed by atoms with Crippen LogP contribution in [0, 0.1) is 11.3 Å². The average Bonchev–Trinajstić information content (AvgIpc) is 2.53. The van der Waals surface area contributed by atoms with Gasteiger partial charge in [-0.1, -0.05) is 32.9 Å². The summed E-state index contributed by atoms with van der Waals surface area (Å²) in [6.45, 7) is 7.51. The predicted octanol–water partition coefficient (Wildman–Crippen LogP) is 3.18. The van der Waals surface area contributed by atoms with Gasteiger partial charge in [-0.3, -0.25) is 0 Å². The van der Waals surface area contributed by atoms with E-state index >= 15 is 0 Å². The second kappa shape index (κ2) is 5.92. The molecular formula is C18H27N3O. The first-order chi connectivity index (χ1) is 10.5. The fourth-order valence-corrected chi connectivity index (χ4v) is 3.91. The van der Waals surface area contributed by atoms with Gasteiger partial charge < -0.3 is 15.8 Å². The Kier molecular flexibility index (Phi) is 4.13. The quantitative estimate of drug-likeness (QED) is 0.666. The molecule has 0 amide bonds. The fraction of sp³-hybridized carbons (Fsp3) is 0.611. The molecule has 3 N–H and O–H groups in total. The Hall–Kier alpha value is -1.55. The van der Waals surface area contributed by atoms with Gasteiger partial charge in [-0.2, -0.15) is 0 Å². The number of anilines is 1. The maximum Gasteiger partial charge on any atom is 0.193 e. The first-order valence-corrected chi connectivity index (χ1v) is 8.33. The lowest BCUT2D eigenvalue weighted by Crippen LogP contribution is -2.64. The summed E-state index contributed by atoms with van der Waals surface area (Å²) in [6, 6.07) is 8.60. The number of rotatable bonds is 3. The number of benzene rings is 1. The number of nitrogens with two attached hydrogens (primary N) is 1. The molecule has 1 aromatic rings. The Morgan fingerprint density at radius 3 is 2.77 bits per heavy atom. The van der Waals surface area contributed by atoms with E-state index in [1.54, 1.807) is 0 Å². The standard InChI is InChI=1S/C18H27N3O/c1-4-12-7-9-13(10-8-12)20-17(19)21-15-14-6-5-11-22-16(14)18(15,2)3/h7-10,14-16H,4-6,11H2,1-3H3,(H3,19,20,21). The number of guanidine groups is 1. The molecule has 1 aliphatic heterocycles. The maximum absolute atomic E-state index is 6.13. The summed E-state index contributed by atoms with van der Waals surface area (Å²) in [6.07, 6.45) is 3.71. The van der Waals surface area contributed by atoms with Crippen molar-refractivity contribution in [1.29, 1.82) is 0 Å². The molecule has 0 radical (unpaired) electrons. The number of nitrogens with one attached hydrogen (secondary N) is 1. The van der Waals surface area contributed by atoms with E-state index in [2.05, 4.69) is 50.4 Å². The van der Waals surface area contributed by atoms with Crippen molar-refractivity contribution >= 4 is 11.6 Å². The minimum atomic E-state index is 0.0729. The van der Waals surface area contributed by atoms with Crippen molar-refractivity contribution in [2.45, 2.75) is 52.2 Å². The molecular weight excluding hydrogens is 274 g/mol. The number of hydrogen-bond acceptors (Lipinski definition) is 2. The monoisotopic (exact) mass is 301 g/mol. The van der Waals surface area contributed by atoms with E-state index in [1.807, 2.05) is 0 Å². The summed E-state index contributed by atoms with van der Waals surface area (Å²) in [5.41, 5.74) is 8.52. The fourth-order valence-electron chi connectivity index (χ4n) is 3.91. The lowest BCUT2D eigenvalue weighted by molar-refractivity contribution is -0.182. The third kappa shape index (κ3) is 2.72. The lowest BCUT2D eigenvalue weighted by atomic mass is 9.55. The first-order valence-electron chi connectivity index (χ1n) is 8.33. The summed E-state index contributed by atoms with van der Waals surface area (Å²) < 4.78 is 5.92. The van der Waals surface area contributed by atoms with Crippen molar-refractivity contribution in [3.8, 4) is 0 Å². The van der Waals surface area contributed by atoms with Crippen molar-refractivity contribution in [1.82, 2.24) is 0 Å². The smallest absolute Gasteiger partial charge is 0.193 e. The number of aliphatic imine (C=N–C) groups is 1. The number of ether oxygens (including phenoxy) is 1. The van der Waals surface area contributed by atoms with Crippen LogP contribution in [0.2, 0.25) is 0 Å². The van der Waals surface area contributed by atoms with Gasteiger partial charge in [-0.05, 0) is 37.0 Å². The summed E-state index contributed by atoms with van der Waals surface area (Å²) in [4.78, 5) is 4.76. The van der Waals surface area contributed by atoms with Crippen molar-refractivity contribution in [2.75, 3.05) is 11.9 Å². The number of fused-ring (bicyclic) bond motifs is 1. The molecule has 3 rings (SSSR count). The highest BCUT2D eigenvalue weighted by atomic mass is 16.5. The van der Waals surface area contributed by atoms with Crippen molar-refractivity contribution < 1.29 is 4.74 Å². The van der Waals surface area contributed by atoms with Crippen LogP contribution in [0.4, 0.5) is 5.69 Å². The van der Waals surface area contributed by atoms with E-state index < -0.39 is 0 Å². The van der Waals surface area contributed by atoms with Crippen molar-refractivity contribution in [3.05, 3.63) is 29.8 Å². The zero-order chi connectivity index (χ0) is 15.7. The van der Waals surface area contributed by atoms with Gasteiger partial charge in [0.2, 0.25) is 0 Å². The van der Waals surface area contributed by atoms with Crippen LogP contribution in [0.25, 0.3) is 0 Å². The van der Waals surface area contributed by atoms with Gasteiger partial charge in [-0.15, -0.1) is 0 Å². The van der Waals surface area contributed by atoms with Crippen LogP contribution in [0.1, 0.15) is 39.2 Å². The second-order valence-corrected chi connectivity index (χ2v) is 7.05. The Morgan fingerprint density at radius 1 is 1.36 bits per heavy atom. The number of nitrogens with zero attached hydrogens (tertiary/aromatic N) is 1. The molecule has 0 spiro atoms. The highest BCUT2D eigenvalue weighted by molar-refractivity contribution is 5.92. The average molecular weight is 301 g/mol. The second-order valence-electron chi connectivity index (χ2n) is 7.05. The summed E-state index contributed by atoms with van der Waals surface area (Å²) >= 11 is 0. The summed E-state index contributed by atoms with van der Waals surface area (Å²) in [7, 11) is 0. The van der Waals surface area contributed by atoms with E-state index in [-0.39, 0.29) is 11.5 Å². The molecule has 2 aliphatic rings. The van der Waals surface area contributed by atoms with Crippen molar-refractivity contribution in [3.63, 3.8) is 0 Å². The van der Waals surface area contributed by atoms with Crippen LogP contribution in [0.15, 0.2) is 29.3 Å². The molecule has 22 heavy (non-hydrogen) atoms. The zero-order valence-electron chi connectivity index (χ0n) is 13.8. The van der Waals surface area contributed by atoms with Gasteiger partial charge in [0.25, 0.3) is 0 Å². The Balaban J connectivity index is 1.68. The molecule has 2 fully saturated rings. The van der Waals surface area contributed by atoms with Gasteiger partial charge in [0.15, 0.2) is 5.96 Å². The highest BCUT2D eigenvalue weighted by Gasteiger charge is 2.58. The Morgan fingerprint density at radius 2 is 2.09 bits per heavy atom. The molecule has 120 valence electrons. The minimum Gasteiger partial charge on any atom is -0.377 e. The third-order valence-corrected chi connectivity index (χ3v) is 5.18. The van der Waals surface area contributed by atoms with Gasteiger partial charge in [0, 0.05) is 23.6 Å². The largest absolute Gasteiger partial charge is 0.377 e. The van der Waals surface area contributed by atoms with Crippen LogP contribution in [0.5, 0.6) is 0 Å². The third-order valence-electron chi connectivity index (χ3n) is 5.18. The SMILES string of the molecule is CCc1ccc(NC(N)=NC2C3CCCOC3C2(C)C)cc1. The van der Waals surface area contributed by atoms with Crippen LogP contribution >= 0.6 is 0 Å². The number of hydrogen-bond donors (Lipinski definition) is 2. The molecule has 1 aliphatic carbocycles. The Labute approximate surface area is 133 Å². The molecule has 3 atom stereocenters. The summed E-state index contributed by atoms with van der Waals surface area (Å²) in [5.74, 6) is 1.03. The van der Waals surface area contributed by atoms with Crippen LogP contribution in [-0.2, 0) is 11.2 Å². The maximum atomic E-state index is 6.13. The molecule has 3 unspecified atom stereocenters. The molecule has 0 bridgehead atoms. The molecule has 4 heteroatoms. The van der Waals surface area contributed by atoms with E-state index in [0.717, 1.165) is 25.1 Å². The molecule has 0 aromatic heterocycles. The van der Waals surface area contributed by atoms with Crippen LogP contribution < -0.4 is 11.1 Å². The molecule has 1 saturated carbocycles. The molecule has 1 saturated heterocycles. The van der Waals surface area contributed by atoms with E-state index in [1.165, 1.54) is 12.0 Å². The highest BCUT2D eigenvalue weighted by Crippen LogP contribution is 2.53. The van der Waals surface area contributed by atoms with Gasteiger partial charge in [0.05, 0.1) is 12.1 Å². The lowest BCUT2D eigenvalue weighted by Gasteiger charge is -2.58. The number of aryl methyl sites for hydroxylation is 1. The summed E-state index contributed by atoms with van der Waals surface area (Å²) in [5, 5.41) is 3.21. The van der Waals surface area contributed by atoms with Gasteiger partial charge in [-0.25, -0.2) is 4.99 Å². The van der Waals surface area contributed by atoms with Crippen molar-refractivity contribution in [2.24, 2.45) is 22.1 Å².